The Morgan fingerprint density at radius 3 is 2.73 bits per heavy atom. The zero-order chi connectivity index (χ0) is 15.9. The van der Waals surface area contributed by atoms with Gasteiger partial charge < -0.3 is 10.3 Å². The van der Waals surface area contributed by atoms with Crippen molar-refractivity contribution < 1.29 is 18.4 Å². The minimum absolute atomic E-state index is 0.0158. The van der Waals surface area contributed by atoms with Crippen LogP contribution in [0.25, 0.3) is 0 Å². The van der Waals surface area contributed by atoms with E-state index >= 15 is 0 Å². The van der Waals surface area contributed by atoms with Crippen molar-refractivity contribution in [2.75, 3.05) is 5.32 Å². The fraction of sp³-hybridized carbons (Fsp3) is 0.250. The topological polar surface area (TPSA) is 62.0 Å². The predicted octanol–water partition coefficient (Wildman–Crippen LogP) is 3.37. The standard InChI is InChI=1S/C16H14F2N2O2/c1-8-14-12(3-2-4-13(14)21)19-15(8)16(22)20-11-6-5-9(17)7-10(11)18/h5-7,19H,2-4H2,1H3,(H,20,22). The van der Waals surface area contributed by atoms with Gasteiger partial charge in [-0.2, -0.15) is 0 Å². The Morgan fingerprint density at radius 1 is 1.27 bits per heavy atom. The molecule has 0 bridgehead atoms. The van der Waals surface area contributed by atoms with Gasteiger partial charge in [-0.25, -0.2) is 8.78 Å². The number of halogens is 2. The molecule has 0 fully saturated rings. The number of aryl methyl sites for hydroxylation is 1. The number of Topliss-reactive ketones (excluding diaryl/α,β-unsaturated/α-hetero) is 1. The molecule has 0 aliphatic heterocycles. The Balaban J connectivity index is 1.91. The number of benzene rings is 1. The van der Waals surface area contributed by atoms with Crippen molar-refractivity contribution >= 4 is 17.4 Å². The van der Waals surface area contributed by atoms with Crippen LogP contribution in [-0.4, -0.2) is 16.7 Å². The molecule has 22 heavy (non-hydrogen) atoms. The summed E-state index contributed by atoms with van der Waals surface area (Å²) >= 11 is 0. The number of hydrogen-bond donors (Lipinski definition) is 2. The molecule has 0 saturated carbocycles. The molecule has 3 rings (SSSR count). The van der Waals surface area contributed by atoms with Gasteiger partial charge in [-0.05, 0) is 37.5 Å². The van der Waals surface area contributed by atoms with Crippen LogP contribution in [0.4, 0.5) is 14.5 Å². The number of carbonyl (C=O) groups is 2. The van der Waals surface area contributed by atoms with Gasteiger partial charge in [0.2, 0.25) is 0 Å². The number of amides is 1. The van der Waals surface area contributed by atoms with Crippen molar-refractivity contribution in [3.05, 3.63) is 52.3 Å². The SMILES string of the molecule is Cc1c(C(=O)Nc2ccc(F)cc2F)[nH]c2c1C(=O)CCC2. The third kappa shape index (κ3) is 2.41. The first-order valence-electron chi connectivity index (χ1n) is 6.98. The van der Waals surface area contributed by atoms with Gasteiger partial charge in [-0.1, -0.05) is 0 Å². The van der Waals surface area contributed by atoms with Gasteiger partial charge in [0, 0.05) is 23.7 Å². The van der Waals surface area contributed by atoms with Crippen LogP contribution in [0.1, 0.15) is 44.9 Å². The van der Waals surface area contributed by atoms with Crippen molar-refractivity contribution in [3.63, 3.8) is 0 Å². The molecule has 2 aromatic rings. The van der Waals surface area contributed by atoms with Gasteiger partial charge >= 0.3 is 0 Å². The molecule has 0 saturated heterocycles. The summed E-state index contributed by atoms with van der Waals surface area (Å²) in [6.07, 6.45) is 1.93. The fourth-order valence-electron chi connectivity index (χ4n) is 2.78. The van der Waals surface area contributed by atoms with Gasteiger partial charge in [0.15, 0.2) is 5.78 Å². The largest absolute Gasteiger partial charge is 0.354 e. The number of aromatic nitrogens is 1. The molecule has 2 N–H and O–H groups in total. The van der Waals surface area contributed by atoms with E-state index in [9.17, 15) is 18.4 Å². The van der Waals surface area contributed by atoms with E-state index in [0.29, 0.717) is 30.0 Å². The molecular formula is C16H14F2N2O2. The molecule has 1 aromatic carbocycles. The van der Waals surface area contributed by atoms with Crippen LogP contribution in [0.3, 0.4) is 0 Å². The number of anilines is 1. The monoisotopic (exact) mass is 304 g/mol. The van der Waals surface area contributed by atoms with Gasteiger partial charge in [0.1, 0.15) is 17.3 Å². The van der Waals surface area contributed by atoms with E-state index in [0.717, 1.165) is 24.2 Å². The molecule has 1 amide bonds. The predicted molar refractivity (Wildman–Crippen MR) is 77.1 cm³/mol. The zero-order valence-corrected chi connectivity index (χ0v) is 11.9. The maximum atomic E-state index is 13.6. The number of carbonyl (C=O) groups excluding carboxylic acids is 2. The normalized spacial score (nSPS) is 13.9. The first-order valence-corrected chi connectivity index (χ1v) is 6.98. The van der Waals surface area contributed by atoms with Gasteiger partial charge in [-0.3, -0.25) is 9.59 Å². The van der Waals surface area contributed by atoms with Crippen LogP contribution in [0.2, 0.25) is 0 Å². The van der Waals surface area contributed by atoms with Gasteiger partial charge in [0.05, 0.1) is 5.69 Å². The van der Waals surface area contributed by atoms with E-state index in [1.165, 1.54) is 0 Å². The fourth-order valence-corrected chi connectivity index (χ4v) is 2.78. The summed E-state index contributed by atoms with van der Waals surface area (Å²) in [5, 5.41) is 2.40. The van der Waals surface area contributed by atoms with Gasteiger partial charge in [0.25, 0.3) is 5.91 Å². The highest BCUT2D eigenvalue weighted by Crippen LogP contribution is 2.27. The minimum atomic E-state index is -0.849. The lowest BCUT2D eigenvalue weighted by Crippen LogP contribution is -2.15. The molecule has 0 unspecified atom stereocenters. The molecular weight excluding hydrogens is 290 g/mol. The average Bonchev–Trinajstić information content (AvgIpc) is 2.80. The van der Waals surface area contributed by atoms with Crippen LogP contribution in [-0.2, 0) is 6.42 Å². The maximum Gasteiger partial charge on any atom is 0.272 e. The number of aromatic amines is 1. The molecule has 0 radical (unpaired) electrons. The van der Waals surface area contributed by atoms with Crippen molar-refractivity contribution in [2.24, 2.45) is 0 Å². The van der Waals surface area contributed by atoms with Crippen molar-refractivity contribution in [1.29, 1.82) is 0 Å². The maximum absolute atomic E-state index is 13.6. The van der Waals surface area contributed by atoms with E-state index in [4.69, 9.17) is 0 Å². The van der Waals surface area contributed by atoms with E-state index in [1.54, 1.807) is 6.92 Å². The summed E-state index contributed by atoms with van der Waals surface area (Å²) in [5.74, 6) is -2.10. The van der Waals surface area contributed by atoms with Crippen molar-refractivity contribution in [1.82, 2.24) is 4.98 Å². The number of fused-ring (bicyclic) bond motifs is 1. The average molecular weight is 304 g/mol. The van der Waals surface area contributed by atoms with E-state index in [1.807, 2.05) is 0 Å². The second-order valence-electron chi connectivity index (χ2n) is 5.33. The molecule has 1 aromatic heterocycles. The summed E-state index contributed by atoms with van der Waals surface area (Å²) in [5.41, 5.74) is 2.02. The smallest absolute Gasteiger partial charge is 0.272 e. The number of rotatable bonds is 2. The van der Waals surface area contributed by atoms with Crippen molar-refractivity contribution in [2.45, 2.75) is 26.2 Å². The first kappa shape index (κ1) is 14.4. The van der Waals surface area contributed by atoms with Crippen LogP contribution in [0.5, 0.6) is 0 Å². The third-order valence-corrected chi connectivity index (χ3v) is 3.84. The van der Waals surface area contributed by atoms with Crippen LogP contribution < -0.4 is 5.32 Å². The lowest BCUT2D eigenvalue weighted by Gasteiger charge is -2.09. The number of ketones is 1. The third-order valence-electron chi connectivity index (χ3n) is 3.84. The highest BCUT2D eigenvalue weighted by Gasteiger charge is 2.26. The Hall–Kier alpha value is -2.50. The summed E-state index contributed by atoms with van der Waals surface area (Å²) in [4.78, 5) is 27.2. The Kier molecular flexibility index (Phi) is 3.52. The summed E-state index contributed by atoms with van der Waals surface area (Å²) < 4.78 is 26.5. The number of hydrogen-bond acceptors (Lipinski definition) is 2. The lowest BCUT2D eigenvalue weighted by atomic mass is 9.94. The molecule has 4 nitrogen and oxygen atoms in total. The van der Waals surface area contributed by atoms with Gasteiger partial charge in [-0.15, -0.1) is 0 Å². The first-order chi connectivity index (χ1) is 10.5. The molecule has 114 valence electrons. The Labute approximate surface area is 125 Å². The summed E-state index contributed by atoms with van der Waals surface area (Å²) in [6, 6.07) is 2.92. The molecule has 1 aliphatic rings. The highest BCUT2D eigenvalue weighted by molar-refractivity contribution is 6.08. The summed E-state index contributed by atoms with van der Waals surface area (Å²) in [7, 11) is 0. The van der Waals surface area contributed by atoms with E-state index in [-0.39, 0.29) is 17.2 Å². The quantitative estimate of drug-likeness (QED) is 0.893. The highest BCUT2D eigenvalue weighted by atomic mass is 19.1. The summed E-state index contributed by atoms with van der Waals surface area (Å²) in [6.45, 7) is 1.69. The Morgan fingerprint density at radius 2 is 2.05 bits per heavy atom. The van der Waals surface area contributed by atoms with E-state index < -0.39 is 17.5 Å². The molecule has 0 spiro atoms. The van der Waals surface area contributed by atoms with Crippen LogP contribution in [0, 0.1) is 18.6 Å². The molecule has 6 heteroatoms. The second kappa shape index (κ2) is 5.36. The van der Waals surface area contributed by atoms with Crippen LogP contribution >= 0.6 is 0 Å². The lowest BCUT2D eigenvalue weighted by molar-refractivity contribution is 0.0971. The molecule has 1 aliphatic carbocycles. The second-order valence-corrected chi connectivity index (χ2v) is 5.33. The number of H-pyrrole nitrogens is 1. The van der Waals surface area contributed by atoms with Crippen molar-refractivity contribution in [3.8, 4) is 0 Å². The number of nitrogens with one attached hydrogen (secondary N) is 2. The van der Waals surface area contributed by atoms with E-state index in [2.05, 4.69) is 10.3 Å². The molecule has 1 heterocycles. The minimum Gasteiger partial charge on any atom is -0.354 e. The zero-order valence-electron chi connectivity index (χ0n) is 11.9. The molecule has 0 atom stereocenters. The Bertz CT molecular complexity index is 781. The van der Waals surface area contributed by atoms with Crippen LogP contribution in [0.15, 0.2) is 18.2 Å².